The van der Waals surface area contributed by atoms with Gasteiger partial charge >= 0.3 is 11.6 Å². The van der Waals surface area contributed by atoms with Crippen molar-refractivity contribution in [2.24, 2.45) is 5.73 Å². The standard InChI is InChI=1S/C14H14N6O3/c1-8-12(13(21)20(17-8)14(15)22)19-7-11(16-18-19)9-3-5-10(23-2)6-4-9/h3-7,17H,1-2H3,(H2,15,22). The number of aromatic nitrogens is 5. The molecule has 0 radical (unpaired) electrons. The number of ether oxygens (including phenoxy) is 1. The molecule has 0 aliphatic carbocycles. The summed E-state index contributed by atoms with van der Waals surface area (Å²) in [5, 5.41) is 10.6. The summed E-state index contributed by atoms with van der Waals surface area (Å²) in [5.74, 6) is 0.729. The lowest BCUT2D eigenvalue weighted by Crippen LogP contribution is -2.31. The van der Waals surface area contributed by atoms with Gasteiger partial charge < -0.3 is 10.5 Å². The number of nitrogens with one attached hydrogen (secondary N) is 1. The van der Waals surface area contributed by atoms with Crippen LogP contribution in [0.4, 0.5) is 4.79 Å². The van der Waals surface area contributed by atoms with E-state index < -0.39 is 11.6 Å². The van der Waals surface area contributed by atoms with Crippen molar-refractivity contribution in [1.29, 1.82) is 0 Å². The first-order valence-electron chi connectivity index (χ1n) is 6.70. The highest BCUT2D eigenvalue weighted by atomic mass is 16.5. The third-order valence-electron chi connectivity index (χ3n) is 3.37. The van der Waals surface area contributed by atoms with Gasteiger partial charge in [-0.25, -0.2) is 9.48 Å². The highest BCUT2D eigenvalue weighted by Gasteiger charge is 2.17. The second kappa shape index (κ2) is 5.44. The van der Waals surface area contributed by atoms with Gasteiger partial charge in [0.05, 0.1) is 19.0 Å². The zero-order chi connectivity index (χ0) is 16.6. The normalized spacial score (nSPS) is 10.7. The largest absolute Gasteiger partial charge is 0.497 e. The van der Waals surface area contributed by atoms with E-state index in [1.54, 1.807) is 32.4 Å². The monoisotopic (exact) mass is 314 g/mol. The number of aryl methyl sites for hydroxylation is 1. The van der Waals surface area contributed by atoms with Crippen molar-refractivity contribution in [2.75, 3.05) is 7.11 Å². The molecule has 2 aromatic heterocycles. The third kappa shape index (κ3) is 2.48. The van der Waals surface area contributed by atoms with Gasteiger partial charge in [-0.15, -0.1) is 5.10 Å². The summed E-state index contributed by atoms with van der Waals surface area (Å²) in [6.07, 6.45) is 1.60. The Morgan fingerprint density at radius 3 is 2.57 bits per heavy atom. The Hall–Kier alpha value is -3.36. The van der Waals surface area contributed by atoms with Crippen molar-refractivity contribution >= 4 is 6.03 Å². The van der Waals surface area contributed by atoms with Crippen LogP contribution < -0.4 is 16.0 Å². The highest BCUT2D eigenvalue weighted by Crippen LogP contribution is 2.20. The molecular weight excluding hydrogens is 300 g/mol. The van der Waals surface area contributed by atoms with E-state index in [1.165, 1.54) is 4.68 Å². The number of benzene rings is 1. The van der Waals surface area contributed by atoms with E-state index in [4.69, 9.17) is 10.5 Å². The Morgan fingerprint density at radius 2 is 2.00 bits per heavy atom. The number of carbonyl (C=O) groups is 1. The molecule has 0 atom stereocenters. The fourth-order valence-corrected chi connectivity index (χ4v) is 2.23. The van der Waals surface area contributed by atoms with Crippen LogP contribution in [0.1, 0.15) is 5.69 Å². The first kappa shape index (κ1) is 14.6. The lowest BCUT2D eigenvalue weighted by Gasteiger charge is -1.99. The minimum Gasteiger partial charge on any atom is -0.497 e. The van der Waals surface area contributed by atoms with Crippen molar-refractivity contribution in [3.63, 3.8) is 0 Å². The Morgan fingerprint density at radius 1 is 1.30 bits per heavy atom. The molecule has 0 fully saturated rings. The van der Waals surface area contributed by atoms with E-state index in [1.807, 2.05) is 12.1 Å². The molecule has 2 heterocycles. The van der Waals surface area contributed by atoms with Crippen LogP contribution in [0.15, 0.2) is 35.3 Å². The van der Waals surface area contributed by atoms with Gasteiger partial charge in [-0.2, -0.15) is 4.68 Å². The topological polar surface area (TPSA) is 121 Å². The molecule has 1 amide bonds. The van der Waals surface area contributed by atoms with E-state index in [9.17, 15) is 9.59 Å². The van der Waals surface area contributed by atoms with Crippen molar-refractivity contribution in [1.82, 2.24) is 24.8 Å². The minimum atomic E-state index is -0.889. The molecule has 0 spiro atoms. The molecule has 3 N–H and O–H groups in total. The lowest BCUT2D eigenvalue weighted by molar-refractivity contribution is 0.247. The molecule has 9 nitrogen and oxygen atoms in total. The Bertz CT molecular complexity index is 919. The van der Waals surface area contributed by atoms with Gasteiger partial charge in [0, 0.05) is 5.56 Å². The summed E-state index contributed by atoms with van der Waals surface area (Å²) in [7, 11) is 1.59. The van der Waals surface area contributed by atoms with Crippen molar-refractivity contribution < 1.29 is 9.53 Å². The van der Waals surface area contributed by atoms with E-state index in [-0.39, 0.29) is 5.69 Å². The molecule has 9 heteroatoms. The Kier molecular flexibility index (Phi) is 3.45. The molecule has 1 aromatic carbocycles. The number of hydrogen-bond acceptors (Lipinski definition) is 5. The zero-order valence-corrected chi connectivity index (χ0v) is 12.5. The maximum Gasteiger partial charge on any atom is 0.341 e. The van der Waals surface area contributed by atoms with E-state index in [0.29, 0.717) is 11.4 Å². The maximum atomic E-state index is 12.2. The number of nitrogens with two attached hydrogens (primary N) is 1. The summed E-state index contributed by atoms with van der Waals surface area (Å²) in [6.45, 7) is 1.64. The molecule has 3 rings (SSSR count). The van der Waals surface area contributed by atoms with Gasteiger partial charge in [0.2, 0.25) is 0 Å². The predicted octanol–water partition coefficient (Wildman–Crippen LogP) is 0.668. The minimum absolute atomic E-state index is 0.191. The molecule has 0 aliphatic heterocycles. The zero-order valence-electron chi connectivity index (χ0n) is 12.5. The van der Waals surface area contributed by atoms with Crippen LogP contribution in [0.25, 0.3) is 16.9 Å². The molecule has 0 aliphatic rings. The molecule has 23 heavy (non-hydrogen) atoms. The Labute approximate surface area is 130 Å². The quantitative estimate of drug-likeness (QED) is 0.736. The average molecular weight is 314 g/mol. The number of aromatic amines is 1. The van der Waals surface area contributed by atoms with Gasteiger partial charge in [0.25, 0.3) is 0 Å². The van der Waals surface area contributed by atoms with Gasteiger partial charge in [-0.3, -0.25) is 9.89 Å². The average Bonchev–Trinajstić information content (AvgIpc) is 3.12. The molecule has 0 unspecified atom stereocenters. The summed E-state index contributed by atoms with van der Waals surface area (Å²) >= 11 is 0. The summed E-state index contributed by atoms with van der Waals surface area (Å²) < 4.78 is 7.14. The lowest BCUT2D eigenvalue weighted by atomic mass is 10.2. The van der Waals surface area contributed by atoms with Crippen LogP contribution in [0.2, 0.25) is 0 Å². The number of amides is 1. The van der Waals surface area contributed by atoms with Crippen LogP contribution in [0, 0.1) is 6.92 Å². The van der Waals surface area contributed by atoms with Crippen LogP contribution in [-0.4, -0.2) is 37.9 Å². The number of primary amides is 1. The fourth-order valence-electron chi connectivity index (χ4n) is 2.23. The number of hydrogen-bond donors (Lipinski definition) is 2. The van der Waals surface area contributed by atoms with Gasteiger partial charge in [-0.05, 0) is 31.2 Å². The first-order chi connectivity index (χ1) is 11.0. The number of H-pyrrole nitrogens is 1. The number of rotatable bonds is 3. The fraction of sp³-hybridized carbons (Fsp3) is 0.143. The van der Waals surface area contributed by atoms with Crippen LogP contribution >= 0.6 is 0 Å². The van der Waals surface area contributed by atoms with Crippen LogP contribution in [0.3, 0.4) is 0 Å². The highest BCUT2D eigenvalue weighted by molar-refractivity contribution is 5.74. The molecule has 3 aromatic rings. The smallest absolute Gasteiger partial charge is 0.341 e. The predicted molar refractivity (Wildman–Crippen MR) is 81.7 cm³/mol. The van der Waals surface area contributed by atoms with Crippen LogP contribution in [0.5, 0.6) is 5.75 Å². The van der Waals surface area contributed by atoms with Crippen molar-refractivity contribution in [3.05, 3.63) is 46.5 Å². The van der Waals surface area contributed by atoms with E-state index in [2.05, 4.69) is 15.4 Å². The molecular formula is C14H14N6O3. The maximum absolute atomic E-state index is 12.2. The number of methoxy groups -OCH3 is 1. The number of carbonyl (C=O) groups excluding carboxylic acids is 1. The summed E-state index contributed by atoms with van der Waals surface area (Å²) in [6, 6.07) is 6.38. The summed E-state index contributed by atoms with van der Waals surface area (Å²) in [4.78, 5) is 23.4. The molecule has 118 valence electrons. The van der Waals surface area contributed by atoms with Crippen molar-refractivity contribution in [3.8, 4) is 22.7 Å². The van der Waals surface area contributed by atoms with Crippen molar-refractivity contribution in [2.45, 2.75) is 6.92 Å². The third-order valence-corrected chi connectivity index (χ3v) is 3.37. The summed E-state index contributed by atoms with van der Waals surface area (Å²) in [5.41, 5.74) is 6.60. The van der Waals surface area contributed by atoms with Crippen LogP contribution in [-0.2, 0) is 0 Å². The molecule has 0 saturated carbocycles. The molecule has 0 saturated heterocycles. The van der Waals surface area contributed by atoms with E-state index >= 15 is 0 Å². The van der Waals surface area contributed by atoms with Gasteiger partial charge in [0.1, 0.15) is 11.4 Å². The second-order valence-corrected chi connectivity index (χ2v) is 4.84. The van der Waals surface area contributed by atoms with Gasteiger partial charge in [0.15, 0.2) is 5.69 Å². The SMILES string of the molecule is COc1ccc(-c2cn(-c3c(C)[nH]n(C(N)=O)c3=O)nn2)cc1. The Balaban J connectivity index is 2.02. The van der Waals surface area contributed by atoms with E-state index in [0.717, 1.165) is 16.0 Å². The number of nitrogens with zero attached hydrogens (tertiary/aromatic N) is 4. The first-order valence-corrected chi connectivity index (χ1v) is 6.70. The molecule has 0 bridgehead atoms. The van der Waals surface area contributed by atoms with Gasteiger partial charge in [-0.1, -0.05) is 5.21 Å². The second-order valence-electron chi connectivity index (χ2n) is 4.84.